The van der Waals surface area contributed by atoms with E-state index in [2.05, 4.69) is 5.18 Å². The zero-order valence-electron chi connectivity index (χ0n) is 16.9. The molecular formula is C17H35NO11. The maximum atomic E-state index is 10.5. The number of aliphatic hydroxyl groups excluding tert-OH is 7. The van der Waals surface area contributed by atoms with E-state index in [4.69, 9.17) is 34.6 Å². The Bertz CT molecular complexity index is 430. The molecule has 6 unspecified atom stereocenters. The molecule has 0 radical (unpaired) electrons. The molecule has 0 spiro atoms. The summed E-state index contributed by atoms with van der Waals surface area (Å²) in [6.07, 6.45) is -5.75. The van der Waals surface area contributed by atoms with Crippen molar-refractivity contribution in [2.75, 3.05) is 20.8 Å². The lowest BCUT2D eigenvalue weighted by Crippen LogP contribution is -2.57. The van der Waals surface area contributed by atoms with E-state index in [0.29, 0.717) is 6.42 Å². The van der Waals surface area contributed by atoms with Gasteiger partial charge in [-0.2, -0.15) is 4.91 Å². The molecule has 0 aromatic carbocycles. The molecule has 0 amide bonds. The Kier molecular flexibility index (Phi) is 14.7. The molecule has 174 valence electrons. The summed E-state index contributed by atoms with van der Waals surface area (Å²) in [5.41, 5.74) is 0. The summed E-state index contributed by atoms with van der Waals surface area (Å²) >= 11 is 0. The molecule has 0 saturated carbocycles. The van der Waals surface area contributed by atoms with E-state index in [1.54, 1.807) is 0 Å². The SMILES string of the molecule is CCCC1OC(OC)[C@H](O)C(N=O)[C@@H]1O.CO.OCC1CC(O)[C@@H](O)CC(O)O1. The summed E-state index contributed by atoms with van der Waals surface area (Å²) in [4.78, 5) is 10.5. The number of methoxy groups -OCH3 is 1. The van der Waals surface area contributed by atoms with E-state index < -0.39 is 55.2 Å². The van der Waals surface area contributed by atoms with Crippen LogP contribution in [-0.4, -0.2) is 112 Å². The smallest absolute Gasteiger partial charge is 0.185 e. The first-order valence-corrected chi connectivity index (χ1v) is 9.41. The second-order valence-corrected chi connectivity index (χ2v) is 6.65. The molecule has 2 fully saturated rings. The average Bonchev–Trinajstić information content (AvgIpc) is 2.83. The van der Waals surface area contributed by atoms with Gasteiger partial charge in [0.1, 0.15) is 12.2 Å². The lowest BCUT2D eigenvalue weighted by Gasteiger charge is -2.39. The predicted octanol–water partition coefficient (Wildman–Crippen LogP) is -2.18. The van der Waals surface area contributed by atoms with E-state index in [-0.39, 0.29) is 19.4 Å². The maximum absolute atomic E-state index is 10.5. The van der Waals surface area contributed by atoms with Crippen molar-refractivity contribution in [3.05, 3.63) is 4.91 Å². The Morgan fingerprint density at radius 1 is 1.00 bits per heavy atom. The fraction of sp³-hybridized carbons (Fsp3) is 1.00. The van der Waals surface area contributed by atoms with Crippen molar-refractivity contribution in [2.24, 2.45) is 5.18 Å². The van der Waals surface area contributed by atoms with Crippen LogP contribution in [-0.2, 0) is 14.2 Å². The van der Waals surface area contributed by atoms with Crippen LogP contribution in [0.25, 0.3) is 0 Å². The van der Waals surface area contributed by atoms with Crippen molar-refractivity contribution in [1.82, 2.24) is 0 Å². The molecule has 2 aliphatic rings. The quantitative estimate of drug-likeness (QED) is 0.234. The zero-order valence-corrected chi connectivity index (χ0v) is 16.9. The Morgan fingerprint density at radius 3 is 2.07 bits per heavy atom. The molecule has 12 nitrogen and oxygen atoms in total. The lowest BCUT2D eigenvalue weighted by atomic mass is 9.94. The molecule has 7 N–H and O–H groups in total. The first kappa shape index (κ1) is 28.2. The van der Waals surface area contributed by atoms with Crippen molar-refractivity contribution in [3.63, 3.8) is 0 Å². The van der Waals surface area contributed by atoms with Gasteiger partial charge in [-0.05, 0) is 6.42 Å². The maximum Gasteiger partial charge on any atom is 0.185 e. The second kappa shape index (κ2) is 15.1. The molecular weight excluding hydrogens is 394 g/mol. The van der Waals surface area contributed by atoms with Crippen LogP contribution in [0.5, 0.6) is 0 Å². The normalized spacial score (nSPS) is 39.9. The summed E-state index contributed by atoms with van der Waals surface area (Å²) < 4.78 is 15.1. The molecule has 29 heavy (non-hydrogen) atoms. The van der Waals surface area contributed by atoms with Crippen LogP contribution in [0, 0.1) is 4.91 Å². The van der Waals surface area contributed by atoms with Gasteiger partial charge in [-0.15, -0.1) is 0 Å². The number of nitrogens with zero attached hydrogens (tertiary/aromatic N) is 1. The minimum Gasteiger partial charge on any atom is -0.400 e. The second-order valence-electron chi connectivity index (χ2n) is 6.65. The standard InChI is InChI=1S/C9H17NO5.C7H14O5.CH4O/c1-3-4-5-7(11)6(10-13)8(12)9(14-2)15-5;8-3-4-1-5(9)6(10)2-7(11)12-4;1-2/h5-9,11-12H,3-4H2,1-2H3;4-11H,1-3H2;2H,1H3/t5?,6?,7-,8-,9?;4?,5?,6-,7?;/m10./s1. The van der Waals surface area contributed by atoms with Gasteiger partial charge >= 0.3 is 0 Å². The highest BCUT2D eigenvalue weighted by molar-refractivity contribution is 4.93. The molecule has 0 aromatic heterocycles. The first-order valence-electron chi connectivity index (χ1n) is 9.41. The van der Waals surface area contributed by atoms with Gasteiger partial charge in [0, 0.05) is 27.1 Å². The third kappa shape index (κ3) is 8.84. The van der Waals surface area contributed by atoms with Gasteiger partial charge in [-0.25, -0.2) is 0 Å². The fourth-order valence-electron chi connectivity index (χ4n) is 3.00. The lowest BCUT2D eigenvalue weighted by molar-refractivity contribution is -0.263. The van der Waals surface area contributed by atoms with Gasteiger partial charge in [0.05, 0.1) is 31.0 Å². The van der Waals surface area contributed by atoms with E-state index in [1.807, 2.05) is 6.92 Å². The van der Waals surface area contributed by atoms with Crippen LogP contribution >= 0.6 is 0 Å². The number of rotatable bonds is 5. The molecule has 0 aliphatic carbocycles. The van der Waals surface area contributed by atoms with E-state index in [9.17, 15) is 20.2 Å². The van der Waals surface area contributed by atoms with Crippen LogP contribution in [0.4, 0.5) is 0 Å². The number of hydrogen-bond acceptors (Lipinski definition) is 12. The van der Waals surface area contributed by atoms with Crippen LogP contribution in [0.3, 0.4) is 0 Å². The van der Waals surface area contributed by atoms with Crippen molar-refractivity contribution >= 4 is 0 Å². The number of aliphatic hydroxyl groups is 7. The van der Waals surface area contributed by atoms with Crippen LogP contribution < -0.4 is 0 Å². The number of hydrogen-bond donors (Lipinski definition) is 7. The van der Waals surface area contributed by atoms with Crippen molar-refractivity contribution in [1.29, 1.82) is 0 Å². The molecule has 9 atom stereocenters. The van der Waals surface area contributed by atoms with Crippen LogP contribution in [0.2, 0.25) is 0 Å². The highest BCUT2D eigenvalue weighted by Gasteiger charge is 2.45. The summed E-state index contributed by atoms with van der Waals surface area (Å²) in [5, 5.41) is 65.2. The van der Waals surface area contributed by atoms with Gasteiger partial charge < -0.3 is 50.0 Å². The van der Waals surface area contributed by atoms with E-state index in [0.717, 1.165) is 13.5 Å². The molecule has 2 saturated heterocycles. The summed E-state index contributed by atoms with van der Waals surface area (Å²) in [6.45, 7) is 1.67. The Labute approximate surface area is 169 Å². The Morgan fingerprint density at radius 2 is 1.59 bits per heavy atom. The molecule has 2 aliphatic heterocycles. The Balaban J connectivity index is 0.000000508. The van der Waals surface area contributed by atoms with Gasteiger partial charge in [0.15, 0.2) is 18.6 Å². The van der Waals surface area contributed by atoms with Gasteiger partial charge in [-0.3, -0.25) is 0 Å². The van der Waals surface area contributed by atoms with Crippen LogP contribution in [0.1, 0.15) is 32.6 Å². The summed E-state index contributed by atoms with van der Waals surface area (Å²) in [7, 11) is 2.37. The highest BCUT2D eigenvalue weighted by Crippen LogP contribution is 2.26. The molecule has 2 rings (SSSR count). The highest BCUT2D eigenvalue weighted by atomic mass is 16.7. The van der Waals surface area contributed by atoms with Gasteiger partial charge in [0.2, 0.25) is 0 Å². The fourth-order valence-corrected chi connectivity index (χ4v) is 3.00. The first-order chi connectivity index (χ1) is 13.8. The minimum absolute atomic E-state index is 0.0162. The topological polar surface area (TPSA) is 199 Å². The summed E-state index contributed by atoms with van der Waals surface area (Å²) in [6, 6.07) is -1.08. The molecule has 0 bridgehead atoms. The predicted molar refractivity (Wildman–Crippen MR) is 99.5 cm³/mol. The van der Waals surface area contributed by atoms with E-state index >= 15 is 0 Å². The Hall–Kier alpha value is -0.800. The van der Waals surface area contributed by atoms with E-state index in [1.165, 1.54) is 7.11 Å². The minimum atomic E-state index is -1.21. The zero-order chi connectivity index (χ0) is 22.6. The van der Waals surface area contributed by atoms with Crippen molar-refractivity contribution < 1.29 is 50.0 Å². The largest absolute Gasteiger partial charge is 0.400 e. The number of nitroso groups, excluding NO2 is 1. The van der Waals surface area contributed by atoms with Crippen LogP contribution in [0.15, 0.2) is 5.18 Å². The molecule has 0 aromatic rings. The van der Waals surface area contributed by atoms with Crippen molar-refractivity contribution in [3.8, 4) is 0 Å². The third-order valence-corrected chi connectivity index (χ3v) is 4.54. The number of ether oxygens (including phenoxy) is 3. The third-order valence-electron chi connectivity index (χ3n) is 4.54. The van der Waals surface area contributed by atoms with Gasteiger partial charge in [-0.1, -0.05) is 18.5 Å². The van der Waals surface area contributed by atoms with Gasteiger partial charge in [0.25, 0.3) is 0 Å². The van der Waals surface area contributed by atoms with Crippen molar-refractivity contribution in [2.45, 2.75) is 87.9 Å². The average molecular weight is 429 g/mol. The summed E-state index contributed by atoms with van der Waals surface area (Å²) in [5.74, 6) is 0. The molecule has 12 heteroatoms. The molecule has 2 heterocycles. The monoisotopic (exact) mass is 429 g/mol.